The Morgan fingerprint density at radius 2 is 2.39 bits per heavy atom. The molecule has 1 aliphatic heterocycles. The molecule has 1 aliphatic rings. The number of nitrogens with zero attached hydrogens (tertiary/aromatic N) is 3. The van der Waals surface area contributed by atoms with E-state index in [-0.39, 0.29) is 6.10 Å². The third-order valence-electron chi connectivity index (χ3n) is 2.92. The van der Waals surface area contributed by atoms with Gasteiger partial charge in [0, 0.05) is 6.54 Å². The van der Waals surface area contributed by atoms with Crippen molar-refractivity contribution < 1.29 is 9.47 Å². The van der Waals surface area contributed by atoms with E-state index < -0.39 is 0 Å². The first-order valence-electron chi connectivity index (χ1n) is 6.06. The molecule has 0 aliphatic carbocycles. The third kappa shape index (κ3) is 2.30. The van der Waals surface area contributed by atoms with Gasteiger partial charge in [0.25, 0.3) is 0 Å². The highest BCUT2D eigenvalue weighted by Crippen LogP contribution is 2.13. The molecule has 1 saturated heterocycles. The Morgan fingerprint density at radius 3 is 3.22 bits per heavy atom. The van der Waals surface area contributed by atoms with E-state index in [9.17, 15) is 0 Å². The summed E-state index contributed by atoms with van der Waals surface area (Å²) in [5, 5.41) is 7.53. The summed E-state index contributed by atoms with van der Waals surface area (Å²) in [4.78, 5) is 4.19. The van der Waals surface area contributed by atoms with Crippen LogP contribution in [-0.4, -0.2) is 47.1 Å². The van der Waals surface area contributed by atoms with Crippen LogP contribution in [0.4, 0.5) is 5.82 Å². The number of nitrogens with one attached hydrogen (secondary N) is 1. The predicted molar refractivity (Wildman–Crippen MR) is 66.8 cm³/mol. The van der Waals surface area contributed by atoms with Gasteiger partial charge in [-0.05, 0) is 24.6 Å². The molecule has 2 aromatic heterocycles. The van der Waals surface area contributed by atoms with E-state index in [0.29, 0.717) is 26.4 Å². The van der Waals surface area contributed by atoms with Crippen LogP contribution < -0.4 is 5.32 Å². The smallest absolute Gasteiger partial charge is 0.157 e. The molecule has 0 bridgehead atoms. The second kappa shape index (κ2) is 4.91. The van der Waals surface area contributed by atoms with Crippen molar-refractivity contribution in [2.24, 2.45) is 0 Å². The van der Waals surface area contributed by atoms with Crippen LogP contribution in [0.15, 0.2) is 18.5 Å². The summed E-state index contributed by atoms with van der Waals surface area (Å²) in [6.07, 6.45) is 1.65. The standard InChI is InChI=1S/C12H16N4O2/c1-9-4-11(16-12(5-9)14-8-15-16)13-6-10-7-17-2-3-18-10/h4-5,8,10,13H,2-3,6-7H2,1H3. The number of aryl methyl sites for hydroxylation is 1. The Morgan fingerprint density at radius 1 is 1.44 bits per heavy atom. The summed E-state index contributed by atoms with van der Waals surface area (Å²) in [7, 11) is 0. The highest BCUT2D eigenvalue weighted by molar-refractivity contribution is 5.51. The van der Waals surface area contributed by atoms with Crippen LogP contribution in [-0.2, 0) is 9.47 Å². The van der Waals surface area contributed by atoms with Crippen molar-refractivity contribution in [3.8, 4) is 0 Å². The molecule has 2 aromatic rings. The minimum atomic E-state index is 0.0952. The van der Waals surface area contributed by atoms with E-state index in [1.165, 1.54) is 0 Å². The van der Waals surface area contributed by atoms with E-state index in [2.05, 4.69) is 15.4 Å². The van der Waals surface area contributed by atoms with Crippen LogP contribution in [0.25, 0.3) is 5.65 Å². The normalized spacial score (nSPS) is 20.2. The number of rotatable bonds is 3. The number of hydrogen-bond acceptors (Lipinski definition) is 5. The van der Waals surface area contributed by atoms with Crippen LogP contribution >= 0.6 is 0 Å². The number of aromatic nitrogens is 3. The Kier molecular flexibility index (Phi) is 3.12. The van der Waals surface area contributed by atoms with Gasteiger partial charge in [-0.25, -0.2) is 4.98 Å². The number of anilines is 1. The molecule has 3 rings (SSSR count). The van der Waals surface area contributed by atoms with Crippen LogP contribution in [0.1, 0.15) is 5.56 Å². The van der Waals surface area contributed by atoms with E-state index in [0.717, 1.165) is 17.0 Å². The number of ether oxygens (including phenoxy) is 2. The molecule has 1 fully saturated rings. The summed E-state index contributed by atoms with van der Waals surface area (Å²) < 4.78 is 12.7. The van der Waals surface area contributed by atoms with Crippen molar-refractivity contribution in [2.45, 2.75) is 13.0 Å². The van der Waals surface area contributed by atoms with Crippen molar-refractivity contribution in [3.63, 3.8) is 0 Å². The highest BCUT2D eigenvalue weighted by Gasteiger charge is 2.14. The van der Waals surface area contributed by atoms with Crippen LogP contribution in [0.5, 0.6) is 0 Å². The van der Waals surface area contributed by atoms with Crippen molar-refractivity contribution >= 4 is 11.5 Å². The molecule has 1 N–H and O–H groups in total. The van der Waals surface area contributed by atoms with E-state index in [4.69, 9.17) is 9.47 Å². The Bertz CT molecular complexity index is 534. The molecule has 1 unspecified atom stereocenters. The minimum absolute atomic E-state index is 0.0952. The quantitative estimate of drug-likeness (QED) is 0.873. The average molecular weight is 248 g/mol. The van der Waals surface area contributed by atoms with Gasteiger partial charge in [0.1, 0.15) is 12.1 Å². The molecule has 0 radical (unpaired) electrons. The summed E-state index contributed by atoms with van der Waals surface area (Å²) in [5.74, 6) is 0.927. The van der Waals surface area contributed by atoms with Gasteiger partial charge in [-0.3, -0.25) is 0 Å². The SMILES string of the molecule is Cc1cc(NCC2COCCO2)n2ncnc2c1. The lowest BCUT2D eigenvalue weighted by Crippen LogP contribution is -2.34. The van der Waals surface area contributed by atoms with Crippen molar-refractivity contribution in [3.05, 3.63) is 24.0 Å². The lowest BCUT2D eigenvalue weighted by atomic mass is 10.3. The zero-order valence-corrected chi connectivity index (χ0v) is 10.3. The highest BCUT2D eigenvalue weighted by atomic mass is 16.6. The van der Waals surface area contributed by atoms with Crippen LogP contribution in [0.2, 0.25) is 0 Å². The number of fused-ring (bicyclic) bond motifs is 1. The fourth-order valence-electron chi connectivity index (χ4n) is 2.06. The zero-order valence-electron chi connectivity index (χ0n) is 10.3. The molecule has 0 aromatic carbocycles. The first-order chi connectivity index (χ1) is 8.83. The number of pyridine rings is 1. The Hall–Kier alpha value is -1.66. The summed E-state index contributed by atoms with van der Waals surface area (Å²) >= 11 is 0. The fourth-order valence-corrected chi connectivity index (χ4v) is 2.06. The Labute approximate surface area is 105 Å². The van der Waals surface area contributed by atoms with Gasteiger partial charge in [-0.1, -0.05) is 0 Å². The average Bonchev–Trinajstić information content (AvgIpc) is 2.85. The minimum Gasteiger partial charge on any atom is -0.376 e. The van der Waals surface area contributed by atoms with Crippen molar-refractivity contribution in [1.82, 2.24) is 14.6 Å². The molecule has 6 nitrogen and oxygen atoms in total. The second-order valence-corrected chi connectivity index (χ2v) is 4.40. The lowest BCUT2D eigenvalue weighted by Gasteiger charge is -2.23. The maximum Gasteiger partial charge on any atom is 0.157 e. The zero-order chi connectivity index (χ0) is 12.4. The third-order valence-corrected chi connectivity index (χ3v) is 2.92. The van der Waals surface area contributed by atoms with E-state index in [1.54, 1.807) is 10.8 Å². The van der Waals surface area contributed by atoms with Gasteiger partial charge in [-0.2, -0.15) is 9.61 Å². The summed E-state index contributed by atoms with van der Waals surface area (Å²) in [6.45, 7) is 4.74. The molecule has 6 heteroatoms. The van der Waals surface area contributed by atoms with Gasteiger partial charge in [0.05, 0.1) is 25.9 Å². The molecule has 0 spiro atoms. The second-order valence-electron chi connectivity index (χ2n) is 4.40. The first-order valence-corrected chi connectivity index (χ1v) is 6.06. The molecular weight excluding hydrogens is 232 g/mol. The van der Waals surface area contributed by atoms with Gasteiger partial charge >= 0.3 is 0 Å². The molecule has 1 atom stereocenters. The first kappa shape index (κ1) is 11.4. The Balaban J connectivity index is 1.75. The molecule has 18 heavy (non-hydrogen) atoms. The largest absolute Gasteiger partial charge is 0.376 e. The molecule has 0 amide bonds. The fraction of sp³-hybridized carbons (Fsp3) is 0.500. The lowest BCUT2D eigenvalue weighted by molar-refractivity contribution is -0.0819. The molecule has 3 heterocycles. The maximum absolute atomic E-state index is 5.59. The van der Waals surface area contributed by atoms with Crippen molar-refractivity contribution in [1.29, 1.82) is 0 Å². The monoisotopic (exact) mass is 248 g/mol. The van der Waals surface area contributed by atoms with Crippen molar-refractivity contribution in [2.75, 3.05) is 31.7 Å². The molecular formula is C12H16N4O2. The predicted octanol–water partition coefficient (Wildman–Crippen LogP) is 0.865. The maximum atomic E-state index is 5.59. The summed E-state index contributed by atoms with van der Waals surface area (Å²) in [6, 6.07) is 4.05. The van der Waals surface area contributed by atoms with Crippen LogP contribution in [0, 0.1) is 6.92 Å². The van der Waals surface area contributed by atoms with Gasteiger partial charge in [0.15, 0.2) is 5.65 Å². The van der Waals surface area contributed by atoms with E-state index in [1.807, 2.05) is 19.1 Å². The molecule has 96 valence electrons. The van der Waals surface area contributed by atoms with Gasteiger partial charge < -0.3 is 14.8 Å². The van der Waals surface area contributed by atoms with Gasteiger partial charge in [-0.15, -0.1) is 0 Å². The topological polar surface area (TPSA) is 60.7 Å². The molecule has 0 saturated carbocycles. The summed E-state index contributed by atoms with van der Waals surface area (Å²) in [5.41, 5.74) is 2.00. The van der Waals surface area contributed by atoms with Crippen LogP contribution in [0.3, 0.4) is 0 Å². The van der Waals surface area contributed by atoms with Gasteiger partial charge in [0.2, 0.25) is 0 Å². The van der Waals surface area contributed by atoms with E-state index >= 15 is 0 Å². The number of hydrogen-bond donors (Lipinski definition) is 1.